The molecule has 0 aromatic heterocycles. The lowest BCUT2D eigenvalue weighted by atomic mass is 10.2. The molecule has 1 saturated heterocycles. The van der Waals surface area contributed by atoms with Gasteiger partial charge in [-0.05, 0) is 29.8 Å². The Bertz CT molecular complexity index is 787. The zero-order chi connectivity index (χ0) is 20.5. The SMILES string of the molecule is COc1ccc(CN2CCN(C(=O)CNC(=O)COc3ccccc3)CC2)cc1. The molecule has 0 bridgehead atoms. The Morgan fingerprint density at radius 3 is 2.28 bits per heavy atom. The molecule has 7 heteroatoms. The molecule has 0 atom stereocenters. The van der Waals surface area contributed by atoms with Gasteiger partial charge in [-0.2, -0.15) is 0 Å². The summed E-state index contributed by atoms with van der Waals surface area (Å²) < 4.78 is 10.6. The highest BCUT2D eigenvalue weighted by atomic mass is 16.5. The van der Waals surface area contributed by atoms with Gasteiger partial charge < -0.3 is 19.7 Å². The van der Waals surface area contributed by atoms with E-state index in [2.05, 4.69) is 22.3 Å². The minimum absolute atomic E-state index is 0.00450. The fraction of sp³-hybridized carbons (Fsp3) is 0.364. The molecular formula is C22H27N3O4. The number of piperazine rings is 1. The summed E-state index contributed by atoms with van der Waals surface area (Å²) in [5.41, 5.74) is 1.22. The summed E-state index contributed by atoms with van der Waals surface area (Å²) >= 11 is 0. The number of carbonyl (C=O) groups excluding carboxylic acids is 2. The zero-order valence-electron chi connectivity index (χ0n) is 16.7. The van der Waals surface area contributed by atoms with Crippen LogP contribution >= 0.6 is 0 Å². The van der Waals surface area contributed by atoms with Crippen molar-refractivity contribution in [3.05, 3.63) is 60.2 Å². The van der Waals surface area contributed by atoms with E-state index in [1.54, 1.807) is 24.1 Å². The highest BCUT2D eigenvalue weighted by Gasteiger charge is 2.21. The van der Waals surface area contributed by atoms with E-state index in [-0.39, 0.29) is 25.0 Å². The van der Waals surface area contributed by atoms with E-state index in [1.165, 1.54) is 5.56 Å². The maximum absolute atomic E-state index is 12.4. The van der Waals surface area contributed by atoms with Crippen molar-refractivity contribution in [2.24, 2.45) is 0 Å². The number of carbonyl (C=O) groups is 2. The number of nitrogens with one attached hydrogen (secondary N) is 1. The van der Waals surface area contributed by atoms with E-state index in [4.69, 9.17) is 9.47 Å². The summed E-state index contributed by atoms with van der Waals surface area (Å²) in [6.07, 6.45) is 0. The van der Waals surface area contributed by atoms with Crippen molar-refractivity contribution >= 4 is 11.8 Å². The van der Waals surface area contributed by atoms with E-state index in [0.717, 1.165) is 25.4 Å². The highest BCUT2D eigenvalue weighted by molar-refractivity contribution is 5.85. The van der Waals surface area contributed by atoms with Gasteiger partial charge in [-0.25, -0.2) is 0 Å². The third-order valence-electron chi connectivity index (χ3n) is 4.84. The Kier molecular flexibility index (Phi) is 7.47. The Hall–Kier alpha value is -3.06. The first-order chi connectivity index (χ1) is 14.1. The van der Waals surface area contributed by atoms with Crippen molar-refractivity contribution in [1.29, 1.82) is 0 Å². The van der Waals surface area contributed by atoms with Crippen LogP contribution in [0.25, 0.3) is 0 Å². The molecule has 3 rings (SSSR count). The predicted molar refractivity (Wildman–Crippen MR) is 110 cm³/mol. The molecule has 1 heterocycles. The summed E-state index contributed by atoms with van der Waals surface area (Å²) in [4.78, 5) is 28.3. The molecule has 1 aliphatic heterocycles. The molecule has 154 valence electrons. The van der Waals surface area contributed by atoms with Gasteiger partial charge in [0.1, 0.15) is 11.5 Å². The Labute approximate surface area is 171 Å². The number of hydrogen-bond acceptors (Lipinski definition) is 5. The third kappa shape index (κ3) is 6.50. The molecule has 1 aliphatic rings. The molecule has 29 heavy (non-hydrogen) atoms. The van der Waals surface area contributed by atoms with Gasteiger partial charge >= 0.3 is 0 Å². The summed E-state index contributed by atoms with van der Waals surface area (Å²) in [6, 6.07) is 17.2. The second-order valence-electron chi connectivity index (χ2n) is 6.88. The molecule has 2 aromatic carbocycles. The first-order valence-corrected chi connectivity index (χ1v) is 9.71. The highest BCUT2D eigenvalue weighted by Crippen LogP contribution is 2.14. The van der Waals surface area contributed by atoms with E-state index in [9.17, 15) is 9.59 Å². The van der Waals surface area contributed by atoms with Crippen LogP contribution in [0.2, 0.25) is 0 Å². The van der Waals surface area contributed by atoms with Crippen molar-refractivity contribution in [3.63, 3.8) is 0 Å². The van der Waals surface area contributed by atoms with Crippen LogP contribution in [0.4, 0.5) is 0 Å². The molecule has 0 saturated carbocycles. The number of para-hydroxylation sites is 1. The second-order valence-corrected chi connectivity index (χ2v) is 6.88. The van der Waals surface area contributed by atoms with Crippen LogP contribution in [0.3, 0.4) is 0 Å². The minimum atomic E-state index is -0.305. The van der Waals surface area contributed by atoms with Gasteiger partial charge in [0.15, 0.2) is 6.61 Å². The number of nitrogens with zero attached hydrogens (tertiary/aromatic N) is 2. The van der Waals surface area contributed by atoms with Gasteiger partial charge in [-0.1, -0.05) is 30.3 Å². The smallest absolute Gasteiger partial charge is 0.258 e. The van der Waals surface area contributed by atoms with Gasteiger partial charge in [0, 0.05) is 32.7 Å². The monoisotopic (exact) mass is 397 g/mol. The maximum Gasteiger partial charge on any atom is 0.258 e. The number of ether oxygens (including phenoxy) is 2. The summed E-state index contributed by atoms with van der Waals surface area (Å²) in [5.74, 6) is 1.10. The van der Waals surface area contributed by atoms with E-state index >= 15 is 0 Å². The zero-order valence-corrected chi connectivity index (χ0v) is 16.7. The molecule has 1 N–H and O–H groups in total. The van der Waals surface area contributed by atoms with Gasteiger partial charge in [0.25, 0.3) is 5.91 Å². The molecule has 7 nitrogen and oxygen atoms in total. The van der Waals surface area contributed by atoms with Crippen LogP contribution in [-0.2, 0) is 16.1 Å². The third-order valence-corrected chi connectivity index (χ3v) is 4.84. The van der Waals surface area contributed by atoms with Crippen molar-refractivity contribution < 1.29 is 19.1 Å². The number of rotatable bonds is 8. The fourth-order valence-corrected chi connectivity index (χ4v) is 3.15. The van der Waals surface area contributed by atoms with Crippen molar-refractivity contribution in [2.45, 2.75) is 6.54 Å². The van der Waals surface area contributed by atoms with Gasteiger partial charge in [0.05, 0.1) is 13.7 Å². The normalized spacial score (nSPS) is 14.3. The first kappa shape index (κ1) is 20.7. The first-order valence-electron chi connectivity index (χ1n) is 9.71. The summed E-state index contributed by atoms with van der Waals surface area (Å²) in [5, 5.41) is 2.63. The van der Waals surface area contributed by atoms with Crippen LogP contribution in [0.15, 0.2) is 54.6 Å². The van der Waals surface area contributed by atoms with Gasteiger partial charge in [0.2, 0.25) is 5.91 Å². The van der Waals surface area contributed by atoms with Crippen molar-refractivity contribution in [2.75, 3.05) is 46.4 Å². The lowest BCUT2D eigenvalue weighted by Gasteiger charge is -2.34. The number of methoxy groups -OCH3 is 1. The number of benzene rings is 2. The van der Waals surface area contributed by atoms with Crippen LogP contribution < -0.4 is 14.8 Å². The van der Waals surface area contributed by atoms with Gasteiger partial charge in [-0.15, -0.1) is 0 Å². The Morgan fingerprint density at radius 2 is 1.62 bits per heavy atom. The van der Waals surface area contributed by atoms with E-state index in [0.29, 0.717) is 18.8 Å². The van der Waals surface area contributed by atoms with E-state index in [1.807, 2.05) is 30.3 Å². The van der Waals surface area contributed by atoms with Crippen molar-refractivity contribution in [1.82, 2.24) is 15.1 Å². The largest absolute Gasteiger partial charge is 0.497 e. The summed E-state index contributed by atoms with van der Waals surface area (Å²) in [7, 11) is 1.66. The summed E-state index contributed by atoms with van der Waals surface area (Å²) in [6.45, 7) is 3.67. The average molecular weight is 397 g/mol. The Morgan fingerprint density at radius 1 is 0.931 bits per heavy atom. The lowest BCUT2D eigenvalue weighted by molar-refractivity contribution is -0.134. The minimum Gasteiger partial charge on any atom is -0.497 e. The Balaban J connectivity index is 1.34. The number of hydrogen-bond donors (Lipinski definition) is 1. The molecule has 0 radical (unpaired) electrons. The number of amides is 2. The van der Waals surface area contributed by atoms with E-state index < -0.39 is 0 Å². The standard InChI is InChI=1S/C22H27N3O4/c1-28-19-9-7-18(8-10-19)16-24-11-13-25(14-12-24)22(27)15-23-21(26)17-29-20-5-3-2-4-6-20/h2-10H,11-17H2,1H3,(H,23,26). The molecule has 0 unspecified atom stereocenters. The molecule has 0 spiro atoms. The van der Waals surface area contributed by atoms with Gasteiger partial charge in [-0.3, -0.25) is 14.5 Å². The van der Waals surface area contributed by atoms with Crippen LogP contribution in [-0.4, -0.2) is 68.1 Å². The lowest BCUT2D eigenvalue weighted by Crippen LogP contribution is -2.51. The predicted octanol–water partition coefficient (Wildman–Crippen LogP) is 1.53. The van der Waals surface area contributed by atoms with Crippen LogP contribution in [0, 0.1) is 0 Å². The van der Waals surface area contributed by atoms with Crippen LogP contribution in [0.1, 0.15) is 5.56 Å². The fourth-order valence-electron chi connectivity index (χ4n) is 3.15. The molecular weight excluding hydrogens is 370 g/mol. The molecule has 1 fully saturated rings. The maximum atomic E-state index is 12.4. The molecule has 2 amide bonds. The molecule has 0 aliphatic carbocycles. The quantitative estimate of drug-likeness (QED) is 0.732. The second kappa shape index (κ2) is 10.5. The van der Waals surface area contributed by atoms with Crippen molar-refractivity contribution in [3.8, 4) is 11.5 Å². The van der Waals surface area contributed by atoms with Crippen LogP contribution in [0.5, 0.6) is 11.5 Å². The topological polar surface area (TPSA) is 71.1 Å². The molecule has 2 aromatic rings. The average Bonchev–Trinajstić information content (AvgIpc) is 2.78.